The molecule has 2 unspecified atom stereocenters. The Kier molecular flexibility index (Phi) is 4.26. The third-order valence-electron chi connectivity index (χ3n) is 4.46. The Morgan fingerprint density at radius 2 is 1.90 bits per heavy atom. The summed E-state index contributed by atoms with van der Waals surface area (Å²) >= 11 is 0. The van der Waals surface area contributed by atoms with E-state index < -0.39 is 0 Å². The highest BCUT2D eigenvalue weighted by Gasteiger charge is 2.27. The fourth-order valence-electron chi connectivity index (χ4n) is 3.42. The minimum atomic E-state index is 0.283. The highest BCUT2D eigenvalue weighted by atomic mass is 16.5. The predicted octanol–water partition coefficient (Wildman–Crippen LogP) is 4.08. The molecule has 2 atom stereocenters. The van der Waals surface area contributed by atoms with E-state index in [2.05, 4.69) is 60.8 Å². The van der Waals surface area contributed by atoms with Crippen molar-refractivity contribution < 1.29 is 4.74 Å². The molecule has 1 aliphatic heterocycles. The summed E-state index contributed by atoms with van der Waals surface area (Å²) < 4.78 is 5.90. The van der Waals surface area contributed by atoms with Crippen molar-refractivity contribution in [3.8, 4) is 5.75 Å². The minimum Gasteiger partial charge on any atom is -0.493 e. The Labute approximate surface area is 127 Å². The zero-order chi connectivity index (χ0) is 14.7. The van der Waals surface area contributed by atoms with Gasteiger partial charge in [-0.05, 0) is 24.6 Å². The molecule has 3 rings (SSSR count). The Morgan fingerprint density at radius 3 is 2.62 bits per heavy atom. The van der Waals surface area contributed by atoms with Crippen LogP contribution in [0, 0.1) is 0 Å². The lowest BCUT2D eigenvalue weighted by atomic mass is 9.84. The Bertz CT molecular complexity index is 594. The fourth-order valence-corrected chi connectivity index (χ4v) is 3.42. The smallest absolute Gasteiger partial charge is 0.127 e. The molecule has 21 heavy (non-hydrogen) atoms. The van der Waals surface area contributed by atoms with E-state index in [0.717, 1.165) is 25.2 Å². The number of hydrogen-bond donors (Lipinski definition) is 1. The van der Waals surface area contributed by atoms with E-state index in [1.54, 1.807) is 0 Å². The van der Waals surface area contributed by atoms with Crippen molar-refractivity contribution >= 4 is 0 Å². The third kappa shape index (κ3) is 2.68. The second-order valence-corrected chi connectivity index (χ2v) is 5.63. The fraction of sp³-hybridized carbons (Fsp3) is 0.368. The third-order valence-corrected chi connectivity index (χ3v) is 4.46. The van der Waals surface area contributed by atoms with Crippen LogP contribution in [0.15, 0.2) is 48.5 Å². The molecule has 0 aromatic heterocycles. The molecule has 0 radical (unpaired) electrons. The number of likely N-dealkylation sites (N-methyl/N-ethyl adjacent to an activating group) is 1. The van der Waals surface area contributed by atoms with Gasteiger partial charge < -0.3 is 10.1 Å². The first kappa shape index (κ1) is 14.2. The average molecular weight is 281 g/mol. The van der Waals surface area contributed by atoms with Gasteiger partial charge in [0.05, 0.1) is 6.61 Å². The van der Waals surface area contributed by atoms with E-state index >= 15 is 0 Å². The molecule has 110 valence electrons. The quantitative estimate of drug-likeness (QED) is 0.891. The highest BCUT2D eigenvalue weighted by molar-refractivity contribution is 5.47. The standard InChI is InChI=1S/C19H23NO/c1-3-16(14-8-5-4-6-9-14)18(20-2)17-11-7-10-15-12-13-21-19(15)17/h4-11,16,18,20H,3,12-13H2,1-2H3. The van der Waals surface area contributed by atoms with Gasteiger partial charge in [-0.3, -0.25) is 0 Å². The van der Waals surface area contributed by atoms with E-state index in [1.807, 2.05) is 7.05 Å². The van der Waals surface area contributed by atoms with Gasteiger partial charge in [0.25, 0.3) is 0 Å². The van der Waals surface area contributed by atoms with Crippen LogP contribution < -0.4 is 10.1 Å². The van der Waals surface area contributed by atoms with E-state index in [9.17, 15) is 0 Å². The molecular formula is C19H23NO. The molecule has 0 bridgehead atoms. The molecule has 2 aromatic rings. The van der Waals surface area contributed by atoms with Crippen LogP contribution in [0.2, 0.25) is 0 Å². The van der Waals surface area contributed by atoms with Gasteiger partial charge in [-0.15, -0.1) is 0 Å². The first-order valence-corrected chi connectivity index (χ1v) is 7.82. The van der Waals surface area contributed by atoms with Crippen molar-refractivity contribution in [2.75, 3.05) is 13.7 Å². The maximum atomic E-state index is 5.90. The molecule has 0 spiro atoms. The molecule has 0 fully saturated rings. The van der Waals surface area contributed by atoms with Crippen molar-refractivity contribution in [3.05, 3.63) is 65.2 Å². The minimum absolute atomic E-state index is 0.283. The summed E-state index contributed by atoms with van der Waals surface area (Å²) in [6, 6.07) is 17.6. The maximum Gasteiger partial charge on any atom is 0.127 e. The summed E-state index contributed by atoms with van der Waals surface area (Å²) in [5.74, 6) is 1.55. The highest BCUT2D eigenvalue weighted by Crippen LogP contribution is 2.40. The van der Waals surface area contributed by atoms with Crippen LogP contribution in [0.25, 0.3) is 0 Å². The molecule has 0 saturated carbocycles. The van der Waals surface area contributed by atoms with Crippen LogP contribution in [0.3, 0.4) is 0 Å². The summed E-state index contributed by atoms with van der Waals surface area (Å²) in [6.07, 6.45) is 2.13. The van der Waals surface area contributed by atoms with Crippen LogP contribution in [-0.4, -0.2) is 13.7 Å². The van der Waals surface area contributed by atoms with Crippen LogP contribution in [0.1, 0.15) is 42.0 Å². The summed E-state index contributed by atoms with van der Waals surface area (Å²) in [6.45, 7) is 3.07. The first-order chi connectivity index (χ1) is 10.3. The van der Waals surface area contributed by atoms with Crippen molar-refractivity contribution in [1.82, 2.24) is 5.32 Å². The molecular weight excluding hydrogens is 258 g/mol. The van der Waals surface area contributed by atoms with Crippen molar-refractivity contribution in [1.29, 1.82) is 0 Å². The number of nitrogens with one attached hydrogen (secondary N) is 1. The first-order valence-electron chi connectivity index (χ1n) is 7.82. The number of ether oxygens (including phenoxy) is 1. The number of rotatable bonds is 5. The normalized spacial score (nSPS) is 16.1. The van der Waals surface area contributed by atoms with E-state index in [-0.39, 0.29) is 6.04 Å². The van der Waals surface area contributed by atoms with Crippen molar-refractivity contribution in [2.24, 2.45) is 0 Å². The van der Waals surface area contributed by atoms with Gasteiger partial charge in [0.1, 0.15) is 5.75 Å². The van der Waals surface area contributed by atoms with Gasteiger partial charge in [0.2, 0.25) is 0 Å². The largest absolute Gasteiger partial charge is 0.493 e. The van der Waals surface area contributed by atoms with Crippen LogP contribution in [0.5, 0.6) is 5.75 Å². The van der Waals surface area contributed by atoms with Gasteiger partial charge in [0, 0.05) is 23.9 Å². The van der Waals surface area contributed by atoms with Gasteiger partial charge in [-0.25, -0.2) is 0 Å². The predicted molar refractivity (Wildman–Crippen MR) is 86.9 cm³/mol. The summed E-state index contributed by atoms with van der Waals surface area (Å²) in [5, 5.41) is 3.52. The summed E-state index contributed by atoms with van der Waals surface area (Å²) in [7, 11) is 2.05. The molecule has 0 saturated heterocycles. The van der Waals surface area contributed by atoms with Gasteiger partial charge in [-0.1, -0.05) is 55.5 Å². The Hall–Kier alpha value is -1.80. The lowest BCUT2D eigenvalue weighted by molar-refractivity contribution is 0.344. The van der Waals surface area contributed by atoms with E-state index in [1.165, 1.54) is 16.7 Å². The second-order valence-electron chi connectivity index (χ2n) is 5.63. The maximum absolute atomic E-state index is 5.90. The molecule has 1 N–H and O–H groups in total. The number of benzene rings is 2. The van der Waals surface area contributed by atoms with Gasteiger partial charge in [-0.2, -0.15) is 0 Å². The molecule has 0 aliphatic carbocycles. The van der Waals surface area contributed by atoms with Crippen LogP contribution in [0.4, 0.5) is 0 Å². The van der Waals surface area contributed by atoms with Crippen molar-refractivity contribution in [3.63, 3.8) is 0 Å². The Morgan fingerprint density at radius 1 is 1.10 bits per heavy atom. The van der Waals surface area contributed by atoms with Crippen LogP contribution in [-0.2, 0) is 6.42 Å². The monoisotopic (exact) mass is 281 g/mol. The number of hydrogen-bond acceptors (Lipinski definition) is 2. The van der Waals surface area contributed by atoms with Gasteiger partial charge >= 0.3 is 0 Å². The van der Waals surface area contributed by atoms with Crippen molar-refractivity contribution in [2.45, 2.75) is 31.7 Å². The van der Waals surface area contributed by atoms with Gasteiger partial charge in [0.15, 0.2) is 0 Å². The lowest BCUT2D eigenvalue weighted by Gasteiger charge is -2.28. The number of fused-ring (bicyclic) bond motifs is 1. The Balaban J connectivity index is 2.00. The molecule has 1 aliphatic rings. The van der Waals surface area contributed by atoms with E-state index in [4.69, 9.17) is 4.74 Å². The van der Waals surface area contributed by atoms with Crippen LogP contribution >= 0.6 is 0 Å². The average Bonchev–Trinajstić information content (AvgIpc) is 3.02. The topological polar surface area (TPSA) is 21.3 Å². The zero-order valence-corrected chi connectivity index (χ0v) is 12.8. The molecule has 0 amide bonds. The zero-order valence-electron chi connectivity index (χ0n) is 12.8. The second kappa shape index (κ2) is 6.31. The van der Waals surface area contributed by atoms with E-state index in [0.29, 0.717) is 5.92 Å². The SMILES string of the molecule is CCC(c1ccccc1)C(NC)c1cccc2c1OCC2. The number of para-hydroxylation sites is 1. The summed E-state index contributed by atoms with van der Waals surface area (Å²) in [5.41, 5.74) is 4.02. The molecule has 2 heteroatoms. The molecule has 1 heterocycles. The molecule has 2 aromatic carbocycles. The molecule has 2 nitrogen and oxygen atoms in total. The lowest BCUT2D eigenvalue weighted by Crippen LogP contribution is -2.24. The summed E-state index contributed by atoms with van der Waals surface area (Å²) in [4.78, 5) is 0.